The van der Waals surface area contributed by atoms with Crippen LogP contribution in [0.5, 0.6) is 0 Å². The Morgan fingerprint density at radius 3 is 2.36 bits per heavy atom. The highest BCUT2D eigenvalue weighted by molar-refractivity contribution is 7.83. The molecule has 0 amide bonds. The lowest BCUT2D eigenvalue weighted by atomic mass is 10.1. The van der Waals surface area contributed by atoms with E-state index < -0.39 is 10.3 Å². The van der Waals surface area contributed by atoms with Crippen LogP contribution in [0.4, 0.5) is 0 Å². The normalized spacial score (nSPS) is 21.3. The van der Waals surface area contributed by atoms with Gasteiger partial charge < -0.3 is 10.1 Å². The largest absolute Gasteiger partial charge is 0.378 e. The number of nitrogens with one attached hydrogen (secondary N) is 1. The van der Waals surface area contributed by atoms with Crippen LogP contribution < -0.4 is 5.32 Å². The summed E-state index contributed by atoms with van der Waals surface area (Å²) in [5, 5.41) is 3.50. The number of unbranched alkanes of at least 4 members (excludes halogenated alkanes) is 3. The molecule has 6 nitrogen and oxygen atoms in total. The van der Waals surface area contributed by atoms with Gasteiger partial charge in [0.2, 0.25) is 0 Å². The number of piperidine rings is 1. The molecule has 0 radical (unpaired) electrons. The molecule has 7 heteroatoms. The molecule has 1 aliphatic carbocycles. The van der Waals surface area contributed by atoms with Gasteiger partial charge in [-0.3, -0.25) is 4.55 Å². The minimum absolute atomic E-state index is 0.137. The predicted octanol–water partition coefficient (Wildman–Crippen LogP) is 1.83. The van der Waals surface area contributed by atoms with Crippen molar-refractivity contribution in [3.05, 3.63) is 0 Å². The highest BCUT2D eigenvalue weighted by Gasteiger charge is 2.26. The van der Waals surface area contributed by atoms with Crippen LogP contribution in [0.3, 0.4) is 0 Å². The Morgan fingerprint density at radius 1 is 1.05 bits per heavy atom. The Labute approximate surface area is 134 Å². The zero-order valence-electron chi connectivity index (χ0n) is 13.4. The van der Waals surface area contributed by atoms with Crippen molar-refractivity contribution >= 4 is 10.3 Å². The number of nitrogens with zero attached hydrogens (tertiary/aromatic N) is 1. The molecule has 1 aliphatic heterocycles. The Bertz CT molecular complexity index is 404. The molecule has 22 heavy (non-hydrogen) atoms. The van der Waals surface area contributed by atoms with Crippen LogP contribution >= 0.6 is 0 Å². The Morgan fingerprint density at radius 2 is 1.73 bits per heavy atom. The average molecular weight is 334 g/mol. The lowest BCUT2D eigenvalue weighted by Crippen LogP contribution is -2.40. The number of ether oxygens (including phenoxy) is 1. The molecule has 0 aromatic rings. The maximum atomic E-state index is 11.0. The molecule has 130 valence electrons. The third-order valence-electron chi connectivity index (χ3n) is 4.46. The first-order valence-corrected chi connectivity index (χ1v) is 10.0. The second kappa shape index (κ2) is 9.17. The van der Waals surface area contributed by atoms with E-state index in [9.17, 15) is 8.42 Å². The van der Waals surface area contributed by atoms with Gasteiger partial charge in [-0.2, -0.15) is 12.7 Å². The van der Waals surface area contributed by atoms with Crippen molar-refractivity contribution in [3.8, 4) is 0 Å². The van der Waals surface area contributed by atoms with Gasteiger partial charge in [-0.15, -0.1) is 0 Å². The maximum absolute atomic E-state index is 11.0. The van der Waals surface area contributed by atoms with Gasteiger partial charge in [-0.05, 0) is 57.5 Å². The van der Waals surface area contributed by atoms with Crippen molar-refractivity contribution < 1.29 is 17.7 Å². The lowest BCUT2D eigenvalue weighted by molar-refractivity contribution is 0.0182. The Kier molecular flexibility index (Phi) is 7.56. The third-order valence-corrected chi connectivity index (χ3v) is 5.48. The van der Waals surface area contributed by atoms with Gasteiger partial charge in [0.25, 0.3) is 0 Å². The molecule has 1 heterocycles. The van der Waals surface area contributed by atoms with Crippen LogP contribution in [-0.4, -0.2) is 56.2 Å². The SMILES string of the molecule is O=S(=O)(O)N1CCC(OCCCCCCNCC2CC2)CC1. The average Bonchev–Trinajstić information content (AvgIpc) is 3.29. The zero-order chi connectivity index (χ0) is 15.8. The molecule has 0 spiro atoms. The molecule has 0 aromatic carbocycles. The van der Waals surface area contributed by atoms with E-state index >= 15 is 0 Å². The molecule has 2 rings (SSSR count). The summed E-state index contributed by atoms with van der Waals surface area (Å²) in [6.07, 6.45) is 9.03. The van der Waals surface area contributed by atoms with E-state index in [-0.39, 0.29) is 6.10 Å². The van der Waals surface area contributed by atoms with E-state index in [2.05, 4.69) is 5.32 Å². The molecule has 0 atom stereocenters. The second-order valence-electron chi connectivity index (χ2n) is 6.51. The summed E-state index contributed by atoms with van der Waals surface area (Å²) in [6.45, 7) is 3.80. The van der Waals surface area contributed by atoms with E-state index in [1.54, 1.807) is 0 Å². The van der Waals surface area contributed by atoms with Crippen LogP contribution in [0.15, 0.2) is 0 Å². The summed E-state index contributed by atoms with van der Waals surface area (Å²) in [6, 6.07) is 0. The van der Waals surface area contributed by atoms with Crippen LogP contribution in [-0.2, 0) is 15.0 Å². The van der Waals surface area contributed by atoms with Crippen LogP contribution in [0, 0.1) is 5.92 Å². The van der Waals surface area contributed by atoms with Crippen molar-refractivity contribution in [1.82, 2.24) is 9.62 Å². The third kappa shape index (κ3) is 7.37. The molecule has 2 N–H and O–H groups in total. The Balaban J connectivity index is 1.38. The molecule has 0 unspecified atom stereocenters. The van der Waals surface area contributed by atoms with E-state index in [1.807, 2.05) is 0 Å². The molecule has 0 bridgehead atoms. The molecule has 0 aromatic heterocycles. The monoisotopic (exact) mass is 334 g/mol. The van der Waals surface area contributed by atoms with Gasteiger partial charge >= 0.3 is 10.3 Å². The van der Waals surface area contributed by atoms with Crippen LogP contribution in [0.25, 0.3) is 0 Å². The minimum Gasteiger partial charge on any atom is -0.378 e. The van der Waals surface area contributed by atoms with Gasteiger partial charge in [0.05, 0.1) is 6.10 Å². The summed E-state index contributed by atoms with van der Waals surface area (Å²) in [4.78, 5) is 0. The highest BCUT2D eigenvalue weighted by Crippen LogP contribution is 2.27. The summed E-state index contributed by atoms with van der Waals surface area (Å²) in [5.74, 6) is 0.959. The first-order valence-electron chi connectivity index (χ1n) is 8.60. The summed E-state index contributed by atoms with van der Waals surface area (Å²) >= 11 is 0. The fourth-order valence-corrected chi connectivity index (χ4v) is 3.49. The van der Waals surface area contributed by atoms with E-state index in [0.717, 1.165) is 29.8 Å². The molecule has 1 saturated carbocycles. The smallest absolute Gasteiger partial charge is 0.335 e. The summed E-state index contributed by atoms with van der Waals surface area (Å²) in [5.41, 5.74) is 0. The highest BCUT2D eigenvalue weighted by atomic mass is 32.2. The van der Waals surface area contributed by atoms with Crippen molar-refractivity contribution in [2.24, 2.45) is 5.92 Å². The molecular formula is C15H30N2O4S. The van der Waals surface area contributed by atoms with Crippen LogP contribution in [0.1, 0.15) is 51.4 Å². The molecule has 2 fully saturated rings. The number of rotatable bonds is 11. The van der Waals surface area contributed by atoms with Crippen molar-refractivity contribution in [1.29, 1.82) is 0 Å². The first-order chi connectivity index (χ1) is 10.6. The quantitative estimate of drug-likeness (QED) is 0.445. The van der Waals surface area contributed by atoms with Crippen molar-refractivity contribution in [3.63, 3.8) is 0 Å². The summed E-state index contributed by atoms with van der Waals surface area (Å²) in [7, 11) is -4.02. The van der Waals surface area contributed by atoms with Gasteiger partial charge in [-0.25, -0.2) is 0 Å². The number of hydrogen-bond acceptors (Lipinski definition) is 4. The van der Waals surface area contributed by atoms with Gasteiger partial charge in [-0.1, -0.05) is 12.8 Å². The molecular weight excluding hydrogens is 304 g/mol. The zero-order valence-corrected chi connectivity index (χ0v) is 14.2. The molecule has 1 saturated heterocycles. The lowest BCUT2D eigenvalue weighted by Gasteiger charge is -2.29. The number of hydrogen-bond donors (Lipinski definition) is 2. The van der Waals surface area contributed by atoms with Crippen LogP contribution in [0.2, 0.25) is 0 Å². The second-order valence-corrected chi connectivity index (χ2v) is 7.92. The minimum atomic E-state index is -4.02. The fourth-order valence-electron chi connectivity index (χ4n) is 2.81. The van der Waals surface area contributed by atoms with Gasteiger partial charge in [0.15, 0.2) is 0 Å². The fraction of sp³-hybridized carbons (Fsp3) is 1.00. The van der Waals surface area contributed by atoms with E-state index in [0.29, 0.717) is 25.9 Å². The topological polar surface area (TPSA) is 78.9 Å². The Hall–Kier alpha value is -0.210. The standard InChI is InChI=1S/C15H30N2O4S/c18-22(19,20)17-10-7-15(8-11-17)21-12-4-2-1-3-9-16-13-14-5-6-14/h14-16H,1-13H2,(H,18,19,20). The van der Waals surface area contributed by atoms with E-state index in [4.69, 9.17) is 9.29 Å². The summed E-state index contributed by atoms with van der Waals surface area (Å²) < 4.78 is 37.8. The first kappa shape index (κ1) is 18.1. The van der Waals surface area contributed by atoms with Gasteiger partial charge in [0, 0.05) is 19.7 Å². The van der Waals surface area contributed by atoms with Crippen molar-refractivity contribution in [2.75, 3.05) is 32.8 Å². The van der Waals surface area contributed by atoms with Gasteiger partial charge in [0.1, 0.15) is 0 Å². The molecule has 2 aliphatic rings. The predicted molar refractivity (Wildman–Crippen MR) is 86.2 cm³/mol. The van der Waals surface area contributed by atoms with E-state index in [1.165, 1.54) is 38.6 Å². The maximum Gasteiger partial charge on any atom is 0.335 e. The van der Waals surface area contributed by atoms with Crippen molar-refractivity contribution in [2.45, 2.75) is 57.5 Å².